The lowest BCUT2D eigenvalue weighted by atomic mass is 9.92. The maximum absolute atomic E-state index is 14.0. The van der Waals surface area contributed by atoms with Crippen molar-refractivity contribution in [2.45, 2.75) is 43.0 Å². The van der Waals surface area contributed by atoms with Crippen molar-refractivity contribution in [3.8, 4) is 0 Å². The fourth-order valence-corrected chi connectivity index (χ4v) is 6.64. The Morgan fingerprint density at radius 1 is 1.08 bits per heavy atom. The first-order chi connectivity index (χ1) is 17.4. The predicted molar refractivity (Wildman–Crippen MR) is 134 cm³/mol. The van der Waals surface area contributed by atoms with Crippen molar-refractivity contribution < 1.29 is 28.0 Å². The highest BCUT2D eigenvalue weighted by atomic mass is 32.2. The fourth-order valence-electron chi connectivity index (χ4n) is 5.55. The second-order valence-corrected chi connectivity index (χ2v) is 11.9. The lowest BCUT2D eigenvalue weighted by molar-refractivity contribution is -0.136. The minimum atomic E-state index is -0.973. The van der Waals surface area contributed by atoms with E-state index in [1.165, 1.54) is 33.7 Å². The van der Waals surface area contributed by atoms with Crippen LogP contribution < -0.4 is 10.6 Å². The molecule has 2 atom stereocenters. The number of amides is 5. The molecule has 0 bridgehead atoms. The molecule has 2 saturated heterocycles. The first kappa shape index (κ1) is 25.2. The summed E-state index contributed by atoms with van der Waals surface area (Å²) < 4.78 is 27.4. The molecule has 1 aliphatic carbocycles. The minimum Gasteiger partial charge on any atom is -0.325 e. The highest BCUT2D eigenvalue weighted by Gasteiger charge is 2.54. The number of nitrogens with one attached hydrogen (secondary N) is 2. The largest absolute Gasteiger partial charge is 0.325 e. The van der Waals surface area contributed by atoms with E-state index in [0.717, 1.165) is 17.2 Å². The van der Waals surface area contributed by atoms with Crippen LogP contribution >= 0.6 is 11.8 Å². The number of hydrogen-bond donors (Lipinski definition) is 2. The Bertz CT molecular complexity index is 1330. The third kappa shape index (κ3) is 4.35. The summed E-state index contributed by atoms with van der Waals surface area (Å²) >= 11 is 1.37. The van der Waals surface area contributed by atoms with E-state index in [9.17, 15) is 28.0 Å². The van der Waals surface area contributed by atoms with E-state index in [1.807, 2.05) is 19.9 Å². The fraction of sp³-hybridized carbons (Fsp3) is 0.385. The highest BCUT2D eigenvalue weighted by Crippen LogP contribution is 2.45. The molecule has 2 aromatic carbocycles. The van der Waals surface area contributed by atoms with Crippen LogP contribution in [0, 0.1) is 11.6 Å². The number of carbonyl (C=O) groups excluding carboxylic acids is 4. The minimum absolute atomic E-state index is 0.143. The van der Waals surface area contributed by atoms with Crippen molar-refractivity contribution in [3.05, 3.63) is 64.7 Å². The molecular weight excluding hydrogens is 502 g/mol. The van der Waals surface area contributed by atoms with Gasteiger partial charge >= 0.3 is 6.03 Å². The molecule has 0 unspecified atom stereocenters. The average Bonchev–Trinajstić information content (AvgIpc) is 3.28. The number of rotatable bonds is 4. The first-order valence-electron chi connectivity index (χ1n) is 11.8. The zero-order chi connectivity index (χ0) is 26.7. The van der Waals surface area contributed by atoms with Crippen LogP contribution in [-0.4, -0.2) is 63.2 Å². The molecule has 0 aromatic heterocycles. The summed E-state index contributed by atoms with van der Waals surface area (Å²) in [5, 5.41) is 5.16. The van der Waals surface area contributed by atoms with Crippen molar-refractivity contribution in [2.24, 2.45) is 0 Å². The van der Waals surface area contributed by atoms with Crippen LogP contribution in [-0.2, 0) is 27.2 Å². The number of urea groups is 1. The van der Waals surface area contributed by atoms with Gasteiger partial charge in [0.05, 0.1) is 11.8 Å². The molecule has 2 aromatic rings. The van der Waals surface area contributed by atoms with E-state index in [-0.39, 0.29) is 29.7 Å². The molecule has 8 nitrogen and oxygen atoms in total. The van der Waals surface area contributed by atoms with Crippen molar-refractivity contribution >= 4 is 41.2 Å². The molecule has 194 valence electrons. The van der Waals surface area contributed by atoms with Gasteiger partial charge in [0.25, 0.3) is 5.91 Å². The first-order valence-corrected chi connectivity index (χ1v) is 12.8. The van der Waals surface area contributed by atoms with Gasteiger partial charge in [-0.2, -0.15) is 0 Å². The third-order valence-electron chi connectivity index (χ3n) is 7.42. The van der Waals surface area contributed by atoms with E-state index in [2.05, 4.69) is 10.6 Å². The topological polar surface area (TPSA) is 98.8 Å². The summed E-state index contributed by atoms with van der Waals surface area (Å²) in [6.45, 7) is 3.45. The number of thioether (sulfide) groups is 1. The third-order valence-corrected chi connectivity index (χ3v) is 8.78. The van der Waals surface area contributed by atoms with Gasteiger partial charge in [0, 0.05) is 36.4 Å². The molecule has 2 N–H and O–H groups in total. The van der Waals surface area contributed by atoms with Gasteiger partial charge in [-0.3, -0.25) is 19.7 Å². The SMILES string of the molecule is CN1C(=O)NC(=O)[C@]12Cc1ccc(NC(=O)CN3C(=O)CSC(C)(C)[C@H]3c3cc(F)cc(F)c3)cc1C2. The van der Waals surface area contributed by atoms with Gasteiger partial charge in [0.2, 0.25) is 11.8 Å². The second kappa shape index (κ2) is 8.83. The van der Waals surface area contributed by atoms with Crippen LogP contribution in [0.5, 0.6) is 0 Å². The average molecular weight is 529 g/mol. The summed E-state index contributed by atoms with van der Waals surface area (Å²) in [5.74, 6) is -2.47. The number of carbonyl (C=O) groups is 4. The van der Waals surface area contributed by atoms with Crippen LogP contribution in [0.1, 0.15) is 36.6 Å². The monoisotopic (exact) mass is 528 g/mol. The smallest absolute Gasteiger partial charge is 0.324 e. The van der Waals surface area contributed by atoms with Gasteiger partial charge in [-0.05, 0) is 54.8 Å². The number of anilines is 1. The van der Waals surface area contributed by atoms with Crippen molar-refractivity contribution in [1.29, 1.82) is 0 Å². The molecule has 0 saturated carbocycles. The molecule has 5 rings (SSSR count). The maximum atomic E-state index is 14.0. The summed E-state index contributed by atoms with van der Waals surface area (Å²) in [6.07, 6.45) is 0.703. The molecule has 1 spiro atoms. The standard InChI is InChI=1S/C26H26F2N4O4S/c1-25(2)22(15-6-17(27)9-18(28)7-15)32(21(34)13-37-25)12-20(33)29-19-5-4-14-10-26(11-16(14)8-19)23(35)30-24(36)31(26)3/h4-9,22H,10-13H2,1-3H3,(H,29,33)(H,30,35,36)/t22-,26-/m1/s1. The van der Waals surface area contributed by atoms with E-state index in [4.69, 9.17) is 0 Å². The van der Waals surface area contributed by atoms with E-state index < -0.39 is 39.9 Å². The summed E-state index contributed by atoms with van der Waals surface area (Å²) in [5.41, 5.74) is 1.55. The zero-order valence-corrected chi connectivity index (χ0v) is 21.4. The quantitative estimate of drug-likeness (QED) is 0.595. The van der Waals surface area contributed by atoms with Gasteiger partial charge in [0.1, 0.15) is 23.7 Å². The zero-order valence-electron chi connectivity index (χ0n) is 20.6. The van der Waals surface area contributed by atoms with Crippen LogP contribution in [0.3, 0.4) is 0 Å². The molecule has 37 heavy (non-hydrogen) atoms. The highest BCUT2D eigenvalue weighted by molar-refractivity contribution is 8.01. The second-order valence-electron chi connectivity index (χ2n) is 10.3. The van der Waals surface area contributed by atoms with Gasteiger partial charge in [-0.1, -0.05) is 6.07 Å². The summed E-state index contributed by atoms with van der Waals surface area (Å²) in [6, 6.07) is 7.29. The predicted octanol–water partition coefficient (Wildman–Crippen LogP) is 3.02. The lowest BCUT2D eigenvalue weighted by Gasteiger charge is -2.45. The van der Waals surface area contributed by atoms with Crippen LogP contribution in [0.15, 0.2) is 36.4 Å². The molecule has 2 fully saturated rings. The van der Waals surface area contributed by atoms with Crippen molar-refractivity contribution in [1.82, 2.24) is 15.1 Å². The number of imide groups is 1. The van der Waals surface area contributed by atoms with Crippen LogP contribution in [0.4, 0.5) is 19.3 Å². The van der Waals surface area contributed by atoms with Gasteiger partial charge in [-0.25, -0.2) is 13.6 Å². The number of likely N-dealkylation sites (N-methyl/N-ethyl adjacent to an activating group) is 1. The van der Waals surface area contributed by atoms with E-state index in [1.54, 1.807) is 19.2 Å². The number of fused-ring (bicyclic) bond motifs is 1. The number of halogens is 2. The molecule has 0 radical (unpaired) electrons. The van der Waals surface area contributed by atoms with Gasteiger partial charge in [0.15, 0.2) is 0 Å². The molecule has 11 heteroatoms. The number of hydrogen-bond acceptors (Lipinski definition) is 5. The number of nitrogens with zero attached hydrogens (tertiary/aromatic N) is 2. The maximum Gasteiger partial charge on any atom is 0.324 e. The Balaban J connectivity index is 1.35. The Kier molecular flexibility index (Phi) is 6.01. The lowest BCUT2D eigenvalue weighted by Crippen LogP contribution is -2.52. The molecule has 3 aliphatic rings. The summed E-state index contributed by atoms with van der Waals surface area (Å²) in [7, 11) is 1.59. The van der Waals surface area contributed by atoms with Gasteiger partial charge < -0.3 is 15.1 Å². The van der Waals surface area contributed by atoms with Crippen LogP contribution in [0.25, 0.3) is 0 Å². The molecular formula is C26H26F2N4O4S. The number of benzene rings is 2. The van der Waals surface area contributed by atoms with E-state index in [0.29, 0.717) is 18.5 Å². The molecule has 2 heterocycles. The van der Waals surface area contributed by atoms with Crippen molar-refractivity contribution in [2.75, 3.05) is 24.7 Å². The Hall–Kier alpha value is -3.47. The van der Waals surface area contributed by atoms with Crippen molar-refractivity contribution in [3.63, 3.8) is 0 Å². The van der Waals surface area contributed by atoms with Gasteiger partial charge in [-0.15, -0.1) is 11.8 Å². The molecule has 2 aliphatic heterocycles. The summed E-state index contributed by atoms with van der Waals surface area (Å²) in [4.78, 5) is 53.2. The normalized spacial score (nSPS) is 24.5. The molecule has 5 amide bonds. The Labute approximate surface area is 216 Å². The Morgan fingerprint density at radius 2 is 1.76 bits per heavy atom. The Morgan fingerprint density at radius 3 is 2.41 bits per heavy atom. The van der Waals surface area contributed by atoms with Crippen LogP contribution in [0.2, 0.25) is 0 Å². The van der Waals surface area contributed by atoms with E-state index >= 15 is 0 Å².